The molecule has 3 nitrogen and oxygen atoms in total. The molecule has 0 radical (unpaired) electrons. The molecule has 1 saturated heterocycles. The minimum atomic E-state index is 0.00314. The molecule has 2 unspecified atom stereocenters. The van der Waals surface area contributed by atoms with Crippen LogP contribution in [0.1, 0.15) is 27.7 Å². The Hall–Kier alpha value is 0.230. The summed E-state index contributed by atoms with van der Waals surface area (Å²) in [7, 11) is 0. The summed E-state index contributed by atoms with van der Waals surface area (Å²) in [6.45, 7) is 11.9. The van der Waals surface area contributed by atoms with Crippen LogP contribution in [-0.4, -0.2) is 59.0 Å². The first kappa shape index (κ1) is 14.3. The van der Waals surface area contributed by atoms with E-state index in [9.17, 15) is 0 Å². The Labute approximate surface area is 104 Å². The van der Waals surface area contributed by atoms with E-state index < -0.39 is 0 Å². The number of hydrogen-bond donors (Lipinski definition) is 1. The van der Waals surface area contributed by atoms with E-state index in [1.807, 2.05) is 11.8 Å². The average molecular weight is 247 g/mol. The van der Waals surface area contributed by atoms with Crippen molar-refractivity contribution in [3.8, 4) is 0 Å². The number of aliphatic hydroxyl groups is 1. The molecule has 1 fully saturated rings. The van der Waals surface area contributed by atoms with Gasteiger partial charge in [0.1, 0.15) is 0 Å². The molecule has 0 aliphatic carbocycles. The van der Waals surface area contributed by atoms with Crippen molar-refractivity contribution in [2.75, 3.05) is 32.0 Å². The fourth-order valence-corrected chi connectivity index (χ4v) is 2.87. The van der Waals surface area contributed by atoms with Crippen molar-refractivity contribution >= 4 is 11.8 Å². The summed E-state index contributed by atoms with van der Waals surface area (Å²) in [5.74, 6) is 1.15. The summed E-state index contributed by atoms with van der Waals surface area (Å²) in [5.41, 5.74) is 0. The number of morpholine rings is 1. The number of thioether (sulfide) groups is 1. The zero-order valence-corrected chi connectivity index (χ0v) is 11.7. The number of rotatable bonds is 4. The van der Waals surface area contributed by atoms with Gasteiger partial charge in [-0.2, -0.15) is 11.8 Å². The van der Waals surface area contributed by atoms with Crippen molar-refractivity contribution in [3.05, 3.63) is 0 Å². The molecular formula is C12H25NO2S. The molecule has 1 rings (SSSR count). The number of ether oxygens (including phenoxy) is 1. The number of hydrogen-bond acceptors (Lipinski definition) is 4. The molecule has 1 aliphatic rings. The smallest absolute Gasteiger partial charge is 0.0936 e. The predicted octanol–water partition coefficient (Wildman–Crippen LogP) is 1.60. The maximum absolute atomic E-state index is 9.12. The molecule has 0 aromatic carbocycles. The van der Waals surface area contributed by atoms with Crippen molar-refractivity contribution in [3.63, 3.8) is 0 Å². The number of aliphatic hydroxyl groups excluding tert-OH is 1. The third kappa shape index (κ3) is 5.53. The van der Waals surface area contributed by atoms with Gasteiger partial charge in [-0.1, -0.05) is 20.8 Å². The van der Waals surface area contributed by atoms with Crippen LogP contribution in [0.5, 0.6) is 0 Å². The molecule has 96 valence electrons. The van der Waals surface area contributed by atoms with E-state index in [0.29, 0.717) is 4.75 Å². The minimum absolute atomic E-state index is 0.00314. The Morgan fingerprint density at radius 2 is 2.06 bits per heavy atom. The zero-order chi connectivity index (χ0) is 12.2. The van der Waals surface area contributed by atoms with Crippen molar-refractivity contribution in [2.24, 2.45) is 0 Å². The monoisotopic (exact) mass is 247 g/mol. The van der Waals surface area contributed by atoms with Gasteiger partial charge in [-0.05, 0) is 6.92 Å². The Balaban J connectivity index is 2.26. The highest BCUT2D eigenvalue weighted by Crippen LogP contribution is 2.23. The fraction of sp³-hybridized carbons (Fsp3) is 1.00. The first-order chi connectivity index (χ1) is 7.40. The minimum Gasteiger partial charge on any atom is -0.394 e. The lowest BCUT2D eigenvalue weighted by atomic mass is 10.2. The molecule has 1 N–H and O–H groups in total. The quantitative estimate of drug-likeness (QED) is 0.818. The van der Waals surface area contributed by atoms with E-state index in [1.54, 1.807) is 0 Å². The molecule has 1 aliphatic heterocycles. The molecule has 0 amide bonds. The second-order valence-electron chi connectivity index (χ2n) is 5.47. The summed E-state index contributed by atoms with van der Waals surface area (Å²) in [4.78, 5) is 2.40. The summed E-state index contributed by atoms with van der Waals surface area (Å²) < 4.78 is 5.96. The summed E-state index contributed by atoms with van der Waals surface area (Å²) in [5, 5.41) is 9.12. The van der Waals surface area contributed by atoms with Gasteiger partial charge in [-0.25, -0.2) is 0 Å². The van der Waals surface area contributed by atoms with E-state index in [-0.39, 0.29) is 18.8 Å². The van der Waals surface area contributed by atoms with E-state index in [0.717, 1.165) is 25.4 Å². The van der Waals surface area contributed by atoms with E-state index >= 15 is 0 Å². The van der Waals surface area contributed by atoms with Crippen LogP contribution < -0.4 is 0 Å². The van der Waals surface area contributed by atoms with Gasteiger partial charge in [0.25, 0.3) is 0 Å². The molecular weight excluding hydrogens is 222 g/mol. The SMILES string of the molecule is CC1CN(CCSC(C)(C)C)CC(CO)O1. The molecule has 0 bridgehead atoms. The second-order valence-corrected chi connectivity index (χ2v) is 7.39. The predicted molar refractivity (Wildman–Crippen MR) is 70.1 cm³/mol. The third-order valence-electron chi connectivity index (χ3n) is 2.55. The number of nitrogens with zero attached hydrogens (tertiary/aromatic N) is 1. The summed E-state index contributed by atoms with van der Waals surface area (Å²) >= 11 is 1.99. The van der Waals surface area contributed by atoms with Crippen molar-refractivity contribution < 1.29 is 9.84 Å². The van der Waals surface area contributed by atoms with Crippen LogP contribution in [0.2, 0.25) is 0 Å². The van der Waals surface area contributed by atoms with Gasteiger partial charge in [0.2, 0.25) is 0 Å². The zero-order valence-electron chi connectivity index (χ0n) is 10.9. The normalized spacial score (nSPS) is 28.3. The molecule has 2 atom stereocenters. The van der Waals surface area contributed by atoms with Crippen molar-refractivity contribution in [2.45, 2.75) is 44.6 Å². The van der Waals surface area contributed by atoms with E-state index in [1.165, 1.54) is 0 Å². The van der Waals surface area contributed by atoms with E-state index in [4.69, 9.17) is 9.84 Å². The molecule has 4 heteroatoms. The molecule has 0 saturated carbocycles. The lowest BCUT2D eigenvalue weighted by molar-refractivity contribution is -0.0935. The molecule has 0 spiro atoms. The van der Waals surface area contributed by atoms with Crippen molar-refractivity contribution in [1.29, 1.82) is 0 Å². The lowest BCUT2D eigenvalue weighted by Crippen LogP contribution is -2.48. The lowest BCUT2D eigenvalue weighted by Gasteiger charge is -2.36. The van der Waals surface area contributed by atoms with Gasteiger partial charge in [0, 0.05) is 30.1 Å². The van der Waals surface area contributed by atoms with Crippen LogP contribution >= 0.6 is 11.8 Å². The average Bonchev–Trinajstić information content (AvgIpc) is 2.14. The van der Waals surface area contributed by atoms with Crippen LogP contribution in [0.25, 0.3) is 0 Å². The largest absolute Gasteiger partial charge is 0.394 e. The Morgan fingerprint density at radius 3 is 2.62 bits per heavy atom. The topological polar surface area (TPSA) is 32.7 Å². The van der Waals surface area contributed by atoms with Gasteiger partial charge in [0.05, 0.1) is 18.8 Å². The highest BCUT2D eigenvalue weighted by molar-refractivity contribution is 8.00. The highest BCUT2D eigenvalue weighted by Gasteiger charge is 2.24. The van der Waals surface area contributed by atoms with Gasteiger partial charge in [0.15, 0.2) is 0 Å². The van der Waals surface area contributed by atoms with Gasteiger partial charge >= 0.3 is 0 Å². The maximum atomic E-state index is 9.12. The Kier molecular flexibility index (Phi) is 5.57. The molecule has 0 aromatic heterocycles. The van der Waals surface area contributed by atoms with E-state index in [2.05, 4.69) is 32.6 Å². The van der Waals surface area contributed by atoms with Crippen LogP contribution in [0.4, 0.5) is 0 Å². The van der Waals surface area contributed by atoms with Crippen LogP contribution in [0.15, 0.2) is 0 Å². The second kappa shape index (κ2) is 6.24. The van der Waals surface area contributed by atoms with Gasteiger partial charge in [-0.15, -0.1) is 0 Å². The van der Waals surface area contributed by atoms with Crippen LogP contribution in [0.3, 0.4) is 0 Å². The first-order valence-corrected chi connectivity index (χ1v) is 7.02. The van der Waals surface area contributed by atoms with Crippen molar-refractivity contribution in [1.82, 2.24) is 4.90 Å². The Bertz CT molecular complexity index is 206. The van der Waals surface area contributed by atoms with Crippen LogP contribution in [0, 0.1) is 0 Å². The fourth-order valence-electron chi connectivity index (χ4n) is 1.90. The highest BCUT2D eigenvalue weighted by atomic mass is 32.2. The third-order valence-corrected chi connectivity index (χ3v) is 3.80. The molecule has 0 aromatic rings. The van der Waals surface area contributed by atoms with Crippen LogP contribution in [-0.2, 0) is 4.74 Å². The summed E-state index contributed by atoms with van der Waals surface area (Å²) in [6.07, 6.45) is 0.244. The molecule has 1 heterocycles. The first-order valence-electron chi connectivity index (χ1n) is 6.03. The standard InChI is InChI=1S/C12H25NO2S/c1-10-7-13(8-11(9-14)15-10)5-6-16-12(2,3)4/h10-11,14H,5-9H2,1-4H3. The molecule has 16 heavy (non-hydrogen) atoms. The Morgan fingerprint density at radius 1 is 1.38 bits per heavy atom. The summed E-state index contributed by atoms with van der Waals surface area (Å²) in [6, 6.07) is 0. The maximum Gasteiger partial charge on any atom is 0.0936 e. The van der Waals surface area contributed by atoms with Gasteiger partial charge in [-0.3, -0.25) is 4.90 Å². The van der Waals surface area contributed by atoms with Gasteiger partial charge < -0.3 is 9.84 Å².